The number of rotatable bonds is 7. The molecule has 0 saturated carbocycles. The Balaban J connectivity index is 1.39. The van der Waals surface area contributed by atoms with Crippen molar-refractivity contribution in [1.82, 2.24) is 15.2 Å². The lowest BCUT2D eigenvalue weighted by atomic mass is 9.92. The summed E-state index contributed by atoms with van der Waals surface area (Å²) < 4.78 is 5.25. The van der Waals surface area contributed by atoms with E-state index in [1.54, 1.807) is 48.7 Å². The van der Waals surface area contributed by atoms with E-state index in [4.69, 9.17) is 4.74 Å². The first-order valence-electron chi connectivity index (χ1n) is 10.4. The minimum atomic E-state index is -1.25. The molecule has 0 spiro atoms. The van der Waals surface area contributed by atoms with Crippen molar-refractivity contribution in [2.75, 3.05) is 11.4 Å². The second-order valence-electron chi connectivity index (χ2n) is 7.78. The third-order valence-electron chi connectivity index (χ3n) is 5.35. The predicted molar refractivity (Wildman–Crippen MR) is 125 cm³/mol. The van der Waals surface area contributed by atoms with Gasteiger partial charge in [0.05, 0.1) is 11.4 Å². The molecule has 2 aromatic carbocycles. The largest absolute Gasteiger partial charge is 0.458 e. The lowest BCUT2D eigenvalue weighted by molar-refractivity contribution is -0.148. The van der Waals surface area contributed by atoms with Crippen LogP contribution >= 0.6 is 11.3 Å². The van der Waals surface area contributed by atoms with E-state index >= 15 is 0 Å². The number of para-hydroxylation sites is 1. The molecule has 34 heavy (non-hydrogen) atoms. The Labute approximate surface area is 200 Å². The lowest BCUT2D eigenvalue weighted by Gasteiger charge is -2.21. The standard InChI is InChI=1S/C24H22N4O5S/c1-16(29)28(19-11-7-4-8-12-19)23-25-18(15-34-23)14-33-20(30)13-27-21(31)24(2,26-22(27)32)17-9-5-3-6-10-17/h3-12,15H,13-14H2,1-2H3,(H,26,32)/t24-/m1/s1. The highest BCUT2D eigenvalue weighted by molar-refractivity contribution is 7.14. The van der Waals surface area contributed by atoms with Crippen molar-refractivity contribution in [2.45, 2.75) is 26.0 Å². The number of ether oxygens (including phenoxy) is 1. The van der Waals surface area contributed by atoms with Gasteiger partial charge in [0.15, 0.2) is 5.13 Å². The topological polar surface area (TPSA) is 109 Å². The van der Waals surface area contributed by atoms with Gasteiger partial charge in [0, 0.05) is 12.3 Å². The molecule has 1 N–H and O–H groups in total. The molecule has 10 heteroatoms. The zero-order chi connectivity index (χ0) is 24.3. The van der Waals surface area contributed by atoms with Crippen molar-refractivity contribution in [2.24, 2.45) is 0 Å². The number of anilines is 2. The number of aromatic nitrogens is 1. The fraction of sp³-hybridized carbons (Fsp3) is 0.208. The number of hydrogen-bond donors (Lipinski definition) is 1. The number of urea groups is 1. The van der Waals surface area contributed by atoms with Crippen LogP contribution in [-0.4, -0.2) is 40.2 Å². The zero-order valence-electron chi connectivity index (χ0n) is 18.6. The number of amides is 4. The zero-order valence-corrected chi connectivity index (χ0v) is 19.4. The molecule has 9 nitrogen and oxygen atoms in total. The first-order valence-corrected chi connectivity index (χ1v) is 11.3. The van der Waals surface area contributed by atoms with Gasteiger partial charge in [0.25, 0.3) is 5.91 Å². The number of carbonyl (C=O) groups excluding carboxylic acids is 4. The van der Waals surface area contributed by atoms with Gasteiger partial charge in [-0.1, -0.05) is 48.5 Å². The number of carbonyl (C=O) groups is 4. The molecule has 1 saturated heterocycles. The van der Waals surface area contributed by atoms with E-state index in [1.165, 1.54) is 23.2 Å². The SMILES string of the molecule is CC(=O)N(c1ccccc1)c1nc(COC(=O)CN2C(=O)N[C@](C)(c3ccccc3)C2=O)cs1. The van der Waals surface area contributed by atoms with E-state index in [2.05, 4.69) is 10.3 Å². The maximum Gasteiger partial charge on any atom is 0.326 e. The van der Waals surface area contributed by atoms with E-state index in [0.717, 1.165) is 4.90 Å². The number of benzene rings is 2. The maximum atomic E-state index is 12.9. The van der Waals surface area contributed by atoms with E-state index in [1.807, 2.05) is 24.3 Å². The van der Waals surface area contributed by atoms with Crippen molar-refractivity contribution in [3.63, 3.8) is 0 Å². The van der Waals surface area contributed by atoms with Gasteiger partial charge in [-0.25, -0.2) is 9.78 Å². The number of nitrogens with one attached hydrogen (secondary N) is 1. The van der Waals surface area contributed by atoms with Gasteiger partial charge in [-0.05, 0) is 24.6 Å². The summed E-state index contributed by atoms with van der Waals surface area (Å²) in [5.41, 5.74) is 0.484. The van der Waals surface area contributed by atoms with Gasteiger partial charge < -0.3 is 10.1 Å². The number of imide groups is 1. The summed E-state index contributed by atoms with van der Waals surface area (Å²) in [5, 5.41) is 4.77. The quantitative estimate of drug-likeness (QED) is 0.412. The average Bonchev–Trinajstić information content (AvgIpc) is 3.37. The molecule has 0 radical (unpaired) electrons. The van der Waals surface area contributed by atoms with Gasteiger partial charge in [-0.3, -0.25) is 24.2 Å². The Bertz CT molecular complexity index is 1230. The molecule has 1 aliphatic rings. The van der Waals surface area contributed by atoms with E-state index < -0.39 is 30.0 Å². The molecule has 0 bridgehead atoms. The number of hydrogen-bond acceptors (Lipinski definition) is 7. The van der Waals surface area contributed by atoms with Gasteiger partial charge in [0.1, 0.15) is 18.7 Å². The molecule has 3 aromatic rings. The Morgan fingerprint density at radius 3 is 2.38 bits per heavy atom. The Morgan fingerprint density at radius 2 is 1.74 bits per heavy atom. The summed E-state index contributed by atoms with van der Waals surface area (Å²) >= 11 is 1.24. The summed E-state index contributed by atoms with van der Waals surface area (Å²) in [6.07, 6.45) is 0. The molecule has 4 amide bonds. The van der Waals surface area contributed by atoms with Crippen molar-refractivity contribution in [3.05, 3.63) is 77.3 Å². The highest BCUT2D eigenvalue weighted by atomic mass is 32.1. The van der Waals surface area contributed by atoms with Gasteiger partial charge in [-0.2, -0.15) is 0 Å². The molecule has 174 valence electrons. The summed E-state index contributed by atoms with van der Waals surface area (Å²) in [6.45, 7) is 2.36. The van der Waals surface area contributed by atoms with Gasteiger partial charge >= 0.3 is 12.0 Å². The normalized spacial score (nSPS) is 17.4. The number of nitrogens with zero attached hydrogens (tertiary/aromatic N) is 3. The van der Waals surface area contributed by atoms with Crippen LogP contribution in [-0.2, 0) is 31.3 Å². The van der Waals surface area contributed by atoms with Gasteiger partial charge in [-0.15, -0.1) is 11.3 Å². The van der Waals surface area contributed by atoms with Crippen LogP contribution < -0.4 is 10.2 Å². The van der Waals surface area contributed by atoms with Crippen LogP contribution in [0, 0.1) is 0 Å². The highest BCUT2D eigenvalue weighted by Crippen LogP contribution is 2.30. The van der Waals surface area contributed by atoms with Gasteiger partial charge in [0.2, 0.25) is 5.91 Å². The third kappa shape index (κ3) is 4.53. The van der Waals surface area contributed by atoms with Crippen molar-refractivity contribution < 1.29 is 23.9 Å². The van der Waals surface area contributed by atoms with Crippen molar-refractivity contribution in [3.8, 4) is 0 Å². The van der Waals surface area contributed by atoms with E-state index in [9.17, 15) is 19.2 Å². The van der Waals surface area contributed by atoms with Crippen molar-refractivity contribution >= 4 is 46.0 Å². The molecule has 4 rings (SSSR count). The average molecular weight is 479 g/mol. The first kappa shape index (κ1) is 23.1. The summed E-state index contributed by atoms with van der Waals surface area (Å²) in [7, 11) is 0. The van der Waals surface area contributed by atoms with E-state index in [-0.39, 0.29) is 12.5 Å². The fourth-order valence-electron chi connectivity index (χ4n) is 3.61. The van der Waals surface area contributed by atoms with Crippen LogP contribution in [0.1, 0.15) is 25.1 Å². The Kier molecular flexibility index (Phi) is 6.42. The minimum absolute atomic E-state index is 0.157. The van der Waals surface area contributed by atoms with E-state index in [0.29, 0.717) is 22.1 Å². The van der Waals surface area contributed by atoms with Crippen LogP contribution in [0.25, 0.3) is 0 Å². The summed E-state index contributed by atoms with van der Waals surface area (Å²) in [4.78, 5) is 56.6. The molecule has 1 atom stereocenters. The summed E-state index contributed by atoms with van der Waals surface area (Å²) in [6, 6.07) is 17.2. The highest BCUT2D eigenvalue weighted by Gasteiger charge is 2.49. The van der Waals surface area contributed by atoms with Crippen LogP contribution in [0.15, 0.2) is 66.0 Å². The second kappa shape index (κ2) is 9.44. The van der Waals surface area contributed by atoms with Crippen LogP contribution in [0.4, 0.5) is 15.6 Å². The van der Waals surface area contributed by atoms with Crippen LogP contribution in [0.2, 0.25) is 0 Å². The third-order valence-corrected chi connectivity index (χ3v) is 6.23. The van der Waals surface area contributed by atoms with Crippen LogP contribution in [0.3, 0.4) is 0 Å². The molecule has 0 unspecified atom stereocenters. The molecule has 1 fully saturated rings. The Hall–Kier alpha value is -4.05. The molecular weight excluding hydrogens is 456 g/mol. The summed E-state index contributed by atoms with van der Waals surface area (Å²) in [5.74, 6) is -1.48. The first-order chi connectivity index (χ1) is 16.3. The van der Waals surface area contributed by atoms with Crippen molar-refractivity contribution in [1.29, 1.82) is 0 Å². The maximum absolute atomic E-state index is 12.9. The Morgan fingerprint density at radius 1 is 1.09 bits per heavy atom. The molecule has 1 aliphatic heterocycles. The lowest BCUT2D eigenvalue weighted by Crippen LogP contribution is -2.41. The predicted octanol–water partition coefficient (Wildman–Crippen LogP) is 3.34. The smallest absolute Gasteiger partial charge is 0.326 e. The molecule has 1 aromatic heterocycles. The molecule has 2 heterocycles. The molecular formula is C24H22N4O5S. The van der Waals surface area contributed by atoms with Crippen LogP contribution in [0.5, 0.6) is 0 Å². The fourth-order valence-corrected chi connectivity index (χ4v) is 4.48. The minimum Gasteiger partial charge on any atom is -0.458 e. The second-order valence-corrected chi connectivity index (χ2v) is 8.62. The molecule has 0 aliphatic carbocycles. The monoisotopic (exact) mass is 478 g/mol. The number of thiazole rings is 1. The number of esters is 1.